The molecule has 1 aliphatic rings. The molecule has 154 valence electrons. The standard InChI is InChI=1S/C19H29N5O2S2/c1-14(2)18(22-28(4,25)26)19-21-20-17-9-10-23(11-12-24(17)19)13-15-5-7-16(27-3)8-6-15/h5-8,14,18,22H,9-13H2,1-4H3/t18-/m0/s1. The van der Waals surface area contributed by atoms with Crippen molar-refractivity contribution < 1.29 is 8.42 Å². The first-order chi connectivity index (χ1) is 13.3. The van der Waals surface area contributed by atoms with Gasteiger partial charge in [0, 0.05) is 37.5 Å². The monoisotopic (exact) mass is 423 g/mol. The minimum atomic E-state index is -3.33. The van der Waals surface area contributed by atoms with Gasteiger partial charge in [0.1, 0.15) is 5.82 Å². The van der Waals surface area contributed by atoms with Crippen LogP contribution >= 0.6 is 11.8 Å². The number of fused-ring (bicyclic) bond motifs is 1. The maximum absolute atomic E-state index is 11.8. The van der Waals surface area contributed by atoms with Crippen LogP contribution in [0, 0.1) is 5.92 Å². The van der Waals surface area contributed by atoms with Crippen molar-refractivity contribution in [3.05, 3.63) is 41.5 Å². The summed E-state index contributed by atoms with van der Waals surface area (Å²) in [7, 11) is -3.33. The summed E-state index contributed by atoms with van der Waals surface area (Å²) in [5.74, 6) is 1.72. The van der Waals surface area contributed by atoms with Gasteiger partial charge in [0.25, 0.3) is 0 Å². The largest absolute Gasteiger partial charge is 0.312 e. The zero-order valence-electron chi connectivity index (χ0n) is 16.9. The summed E-state index contributed by atoms with van der Waals surface area (Å²) in [6.45, 7) is 7.43. The number of hydrogen-bond donors (Lipinski definition) is 1. The van der Waals surface area contributed by atoms with Crippen LogP contribution in [0.25, 0.3) is 0 Å². The van der Waals surface area contributed by atoms with Crippen LogP contribution in [0.2, 0.25) is 0 Å². The van der Waals surface area contributed by atoms with E-state index >= 15 is 0 Å². The van der Waals surface area contributed by atoms with Crippen LogP contribution in [0.15, 0.2) is 29.2 Å². The summed E-state index contributed by atoms with van der Waals surface area (Å²) in [4.78, 5) is 3.69. The molecule has 0 saturated heterocycles. The SMILES string of the molecule is CSc1ccc(CN2CCc3nnc([C@@H](NS(C)(=O)=O)C(C)C)n3CC2)cc1. The first-order valence-corrected chi connectivity index (χ1v) is 12.6. The fourth-order valence-corrected chi connectivity index (χ4v) is 4.73. The molecule has 1 N–H and O–H groups in total. The van der Waals surface area contributed by atoms with Crippen LogP contribution < -0.4 is 4.72 Å². The molecule has 0 amide bonds. The zero-order valence-corrected chi connectivity index (χ0v) is 18.6. The molecular formula is C19H29N5O2S2. The first kappa shape index (κ1) is 21.3. The summed E-state index contributed by atoms with van der Waals surface area (Å²) < 4.78 is 28.4. The molecule has 3 rings (SSSR count). The van der Waals surface area contributed by atoms with Crippen LogP contribution in [-0.2, 0) is 29.5 Å². The van der Waals surface area contributed by atoms with Gasteiger partial charge >= 0.3 is 0 Å². The molecule has 0 aliphatic carbocycles. The lowest BCUT2D eigenvalue weighted by atomic mass is 10.1. The molecule has 9 heteroatoms. The number of nitrogens with zero attached hydrogens (tertiary/aromatic N) is 4. The van der Waals surface area contributed by atoms with E-state index in [0.717, 1.165) is 38.4 Å². The van der Waals surface area contributed by atoms with Crippen LogP contribution in [0.1, 0.15) is 37.1 Å². The van der Waals surface area contributed by atoms with Crippen molar-refractivity contribution in [1.82, 2.24) is 24.4 Å². The van der Waals surface area contributed by atoms with E-state index in [1.807, 2.05) is 13.8 Å². The van der Waals surface area contributed by atoms with Gasteiger partial charge < -0.3 is 4.57 Å². The Morgan fingerprint density at radius 3 is 2.46 bits per heavy atom. The van der Waals surface area contributed by atoms with Crippen LogP contribution in [0.3, 0.4) is 0 Å². The van der Waals surface area contributed by atoms with E-state index in [9.17, 15) is 8.42 Å². The molecule has 1 aromatic carbocycles. The van der Waals surface area contributed by atoms with Crippen molar-refractivity contribution in [2.45, 2.75) is 44.3 Å². The molecular weight excluding hydrogens is 394 g/mol. The molecule has 7 nitrogen and oxygen atoms in total. The average molecular weight is 424 g/mol. The third kappa shape index (κ3) is 5.34. The summed E-state index contributed by atoms with van der Waals surface area (Å²) in [5, 5.41) is 8.70. The Bertz CT molecular complexity index is 894. The van der Waals surface area contributed by atoms with Crippen LogP contribution in [0.5, 0.6) is 0 Å². The molecule has 0 spiro atoms. The van der Waals surface area contributed by atoms with Crippen molar-refractivity contribution in [2.75, 3.05) is 25.6 Å². The number of aromatic nitrogens is 3. The van der Waals surface area contributed by atoms with Gasteiger partial charge in [0.05, 0.1) is 12.3 Å². The van der Waals surface area contributed by atoms with E-state index in [1.54, 1.807) is 11.8 Å². The van der Waals surface area contributed by atoms with E-state index in [1.165, 1.54) is 16.7 Å². The Morgan fingerprint density at radius 1 is 1.14 bits per heavy atom. The van der Waals surface area contributed by atoms with Crippen molar-refractivity contribution in [1.29, 1.82) is 0 Å². The van der Waals surface area contributed by atoms with Gasteiger partial charge in [-0.25, -0.2) is 13.1 Å². The predicted octanol–water partition coefficient (Wildman–Crippen LogP) is 2.30. The molecule has 1 aliphatic heterocycles. The van der Waals surface area contributed by atoms with Gasteiger partial charge in [-0.2, -0.15) is 0 Å². The summed E-state index contributed by atoms with van der Waals surface area (Å²) >= 11 is 1.75. The van der Waals surface area contributed by atoms with Gasteiger partial charge in [-0.15, -0.1) is 22.0 Å². The molecule has 28 heavy (non-hydrogen) atoms. The second-order valence-corrected chi connectivity index (χ2v) is 10.3. The summed E-state index contributed by atoms with van der Waals surface area (Å²) in [5.41, 5.74) is 1.30. The molecule has 1 aromatic heterocycles. The van der Waals surface area contributed by atoms with E-state index in [2.05, 4.69) is 54.9 Å². The highest BCUT2D eigenvalue weighted by Gasteiger charge is 2.28. The zero-order chi connectivity index (χ0) is 20.3. The van der Waals surface area contributed by atoms with Crippen LogP contribution in [-0.4, -0.2) is 53.7 Å². The van der Waals surface area contributed by atoms with E-state index < -0.39 is 10.0 Å². The van der Waals surface area contributed by atoms with Crippen molar-refractivity contribution in [3.63, 3.8) is 0 Å². The lowest BCUT2D eigenvalue weighted by Gasteiger charge is -2.22. The smallest absolute Gasteiger partial charge is 0.209 e. The molecule has 0 fully saturated rings. The molecule has 0 bridgehead atoms. The number of nitrogens with one attached hydrogen (secondary N) is 1. The van der Waals surface area contributed by atoms with Crippen molar-refractivity contribution >= 4 is 21.8 Å². The Balaban J connectivity index is 1.73. The Kier molecular flexibility index (Phi) is 6.80. The number of thioether (sulfide) groups is 1. The number of rotatable bonds is 7. The van der Waals surface area contributed by atoms with Gasteiger partial charge in [-0.05, 0) is 29.9 Å². The summed E-state index contributed by atoms with van der Waals surface area (Å²) in [6, 6.07) is 8.33. The van der Waals surface area contributed by atoms with E-state index in [-0.39, 0.29) is 12.0 Å². The highest BCUT2D eigenvalue weighted by molar-refractivity contribution is 7.98. The summed E-state index contributed by atoms with van der Waals surface area (Å²) in [6.07, 6.45) is 4.08. The molecule has 1 atom stereocenters. The van der Waals surface area contributed by atoms with Gasteiger partial charge in [-0.3, -0.25) is 4.90 Å². The topological polar surface area (TPSA) is 80.1 Å². The average Bonchev–Trinajstić information content (AvgIpc) is 2.93. The Labute approximate surface area is 172 Å². The minimum absolute atomic E-state index is 0.0809. The number of sulfonamides is 1. The van der Waals surface area contributed by atoms with Gasteiger partial charge in [-0.1, -0.05) is 26.0 Å². The lowest BCUT2D eigenvalue weighted by Crippen LogP contribution is -2.33. The van der Waals surface area contributed by atoms with Crippen molar-refractivity contribution in [3.8, 4) is 0 Å². The van der Waals surface area contributed by atoms with E-state index in [0.29, 0.717) is 5.82 Å². The number of benzene rings is 1. The lowest BCUT2D eigenvalue weighted by molar-refractivity contribution is 0.269. The third-order valence-corrected chi connectivity index (χ3v) is 6.42. The Morgan fingerprint density at radius 2 is 1.86 bits per heavy atom. The van der Waals surface area contributed by atoms with Crippen LogP contribution in [0.4, 0.5) is 0 Å². The van der Waals surface area contributed by atoms with Crippen molar-refractivity contribution in [2.24, 2.45) is 5.92 Å². The normalized spacial score (nSPS) is 16.8. The fraction of sp³-hybridized carbons (Fsp3) is 0.579. The molecule has 0 unspecified atom stereocenters. The first-order valence-electron chi connectivity index (χ1n) is 9.51. The second-order valence-electron chi connectivity index (χ2n) is 7.61. The third-order valence-electron chi connectivity index (χ3n) is 5.00. The quantitative estimate of drug-likeness (QED) is 0.689. The highest BCUT2D eigenvalue weighted by Crippen LogP contribution is 2.23. The van der Waals surface area contributed by atoms with E-state index in [4.69, 9.17) is 0 Å². The minimum Gasteiger partial charge on any atom is -0.312 e. The maximum Gasteiger partial charge on any atom is 0.209 e. The fourth-order valence-electron chi connectivity index (χ4n) is 3.48. The van der Waals surface area contributed by atoms with Gasteiger partial charge in [0.15, 0.2) is 5.82 Å². The van der Waals surface area contributed by atoms with Gasteiger partial charge in [0.2, 0.25) is 10.0 Å². The molecule has 2 heterocycles. The number of hydrogen-bond acceptors (Lipinski definition) is 6. The molecule has 2 aromatic rings. The molecule has 0 radical (unpaired) electrons. The highest BCUT2D eigenvalue weighted by atomic mass is 32.2. The maximum atomic E-state index is 11.8. The second kappa shape index (κ2) is 8.94. The predicted molar refractivity (Wildman–Crippen MR) is 113 cm³/mol. The Hall–Kier alpha value is -1.42. The molecule has 0 saturated carbocycles.